The number of carbonyl (C=O) groups excluding carboxylic acids is 1. The third kappa shape index (κ3) is 3.66. The predicted molar refractivity (Wildman–Crippen MR) is 105 cm³/mol. The van der Waals surface area contributed by atoms with E-state index in [1.807, 2.05) is 49.6 Å². The number of nitrogens with zero attached hydrogens (tertiary/aromatic N) is 4. The van der Waals surface area contributed by atoms with Crippen molar-refractivity contribution in [2.45, 2.75) is 43.1 Å². The van der Waals surface area contributed by atoms with E-state index < -0.39 is 0 Å². The first kappa shape index (κ1) is 17.2. The van der Waals surface area contributed by atoms with Crippen LogP contribution < -0.4 is 5.32 Å². The minimum atomic E-state index is -0.278. The van der Waals surface area contributed by atoms with Gasteiger partial charge in [0.15, 0.2) is 10.3 Å². The molecule has 0 saturated heterocycles. The van der Waals surface area contributed by atoms with Crippen molar-refractivity contribution in [2.75, 3.05) is 5.32 Å². The zero-order chi connectivity index (χ0) is 18.1. The van der Waals surface area contributed by atoms with Gasteiger partial charge in [-0.2, -0.15) is 0 Å². The standard InChI is InChI=1S/C18H19N5OS2/c1-11(26-18-22-21-12(2)23(18)14-8-9-14)16(24)20-17-19-15(10-25-17)13-6-4-3-5-7-13/h3-7,10-11,14H,8-9H2,1-2H3,(H,19,20,24). The van der Waals surface area contributed by atoms with Gasteiger partial charge < -0.3 is 9.88 Å². The smallest absolute Gasteiger partial charge is 0.239 e. The number of aryl methyl sites for hydroxylation is 1. The van der Waals surface area contributed by atoms with Gasteiger partial charge in [0, 0.05) is 17.0 Å². The average Bonchev–Trinajstić information content (AvgIpc) is 3.26. The van der Waals surface area contributed by atoms with Gasteiger partial charge in [0.25, 0.3) is 0 Å². The van der Waals surface area contributed by atoms with Gasteiger partial charge in [0.1, 0.15) is 5.82 Å². The van der Waals surface area contributed by atoms with Gasteiger partial charge in [0.2, 0.25) is 5.91 Å². The Hall–Kier alpha value is -2.19. The summed E-state index contributed by atoms with van der Waals surface area (Å²) in [7, 11) is 0. The third-order valence-electron chi connectivity index (χ3n) is 4.20. The highest BCUT2D eigenvalue weighted by molar-refractivity contribution is 8.00. The summed E-state index contributed by atoms with van der Waals surface area (Å²) in [6.07, 6.45) is 2.32. The van der Waals surface area contributed by atoms with Crippen molar-refractivity contribution in [3.63, 3.8) is 0 Å². The zero-order valence-corrected chi connectivity index (χ0v) is 16.2. The molecule has 0 spiro atoms. The molecule has 3 aromatic rings. The maximum absolute atomic E-state index is 12.5. The van der Waals surface area contributed by atoms with Gasteiger partial charge in [-0.05, 0) is 26.7 Å². The molecule has 1 fully saturated rings. The maximum Gasteiger partial charge on any atom is 0.239 e. The molecule has 1 saturated carbocycles. The molecule has 1 unspecified atom stereocenters. The molecule has 6 nitrogen and oxygen atoms in total. The molecule has 0 aliphatic heterocycles. The topological polar surface area (TPSA) is 72.7 Å². The molecule has 0 radical (unpaired) electrons. The van der Waals surface area contributed by atoms with Crippen LogP contribution in [0.4, 0.5) is 5.13 Å². The van der Waals surface area contributed by atoms with Crippen molar-refractivity contribution < 1.29 is 4.79 Å². The lowest BCUT2D eigenvalue weighted by atomic mass is 10.2. The quantitative estimate of drug-likeness (QED) is 0.645. The summed E-state index contributed by atoms with van der Waals surface area (Å²) >= 11 is 2.88. The van der Waals surface area contributed by atoms with E-state index in [1.165, 1.54) is 23.1 Å². The largest absolute Gasteiger partial charge is 0.303 e. The highest BCUT2D eigenvalue weighted by atomic mass is 32.2. The van der Waals surface area contributed by atoms with Crippen LogP contribution in [0.3, 0.4) is 0 Å². The van der Waals surface area contributed by atoms with Crippen molar-refractivity contribution in [3.8, 4) is 11.3 Å². The highest BCUT2D eigenvalue weighted by Gasteiger charge is 2.30. The van der Waals surface area contributed by atoms with E-state index in [-0.39, 0.29) is 11.2 Å². The van der Waals surface area contributed by atoms with Gasteiger partial charge in [-0.15, -0.1) is 21.5 Å². The fourth-order valence-corrected chi connectivity index (χ4v) is 4.36. The molecule has 1 aliphatic carbocycles. The van der Waals surface area contributed by atoms with Gasteiger partial charge in [-0.25, -0.2) is 4.98 Å². The molecular weight excluding hydrogens is 366 g/mol. The van der Waals surface area contributed by atoms with Crippen LogP contribution in [0, 0.1) is 6.92 Å². The Morgan fingerprint density at radius 2 is 2.08 bits per heavy atom. The Morgan fingerprint density at radius 1 is 1.31 bits per heavy atom. The lowest BCUT2D eigenvalue weighted by Crippen LogP contribution is -2.22. The minimum Gasteiger partial charge on any atom is -0.303 e. The summed E-state index contributed by atoms with van der Waals surface area (Å²) in [4.78, 5) is 17.1. The second kappa shape index (κ2) is 7.20. The van der Waals surface area contributed by atoms with Crippen LogP contribution in [0.5, 0.6) is 0 Å². The number of nitrogens with one attached hydrogen (secondary N) is 1. The number of amides is 1. The van der Waals surface area contributed by atoms with Crippen molar-refractivity contribution in [1.29, 1.82) is 0 Å². The van der Waals surface area contributed by atoms with Crippen LogP contribution in [-0.4, -0.2) is 30.9 Å². The van der Waals surface area contributed by atoms with E-state index in [1.54, 1.807) is 0 Å². The number of carbonyl (C=O) groups is 1. The molecule has 1 N–H and O–H groups in total. The lowest BCUT2D eigenvalue weighted by molar-refractivity contribution is -0.115. The van der Waals surface area contributed by atoms with Crippen LogP contribution in [0.25, 0.3) is 11.3 Å². The molecule has 1 amide bonds. The number of aromatic nitrogens is 4. The Balaban J connectivity index is 1.41. The first-order chi connectivity index (χ1) is 12.6. The molecule has 1 aromatic carbocycles. The number of hydrogen-bond acceptors (Lipinski definition) is 6. The molecule has 134 valence electrons. The van der Waals surface area contributed by atoms with Gasteiger partial charge in [-0.3, -0.25) is 4.79 Å². The highest BCUT2D eigenvalue weighted by Crippen LogP contribution is 2.39. The van der Waals surface area contributed by atoms with Crippen molar-refractivity contribution in [3.05, 3.63) is 41.5 Å². The van der Waals surface area contributed by atoms with E-state index in [9.17, 15) is 4.79 Å². The second-order valence-electron chi connectivity index (χ2n) is 6.28. The summed E-state index contributed by atoms with van der Waals surface area (Å²) < 4.78 is 2.14. The van der Waals surface area contributed by atoms with Crippen molar-refractivity contribution in [1.82, 2.24) is 19.7 Å². The molecule has 2 aromatic heterocycles. The number of hydrogen-bond donors (Lipinski definition) is 1. The molecule has 2 heterocycles. The van der Waals surface area contributed by atoms with Crippen LogP contribution >= 0.6 is 23.1 Å². The third-order valence-corrected chi connectivity index (χ3v) is 6.02. The molecule has 0 bridgehead atoms. The van der Waals surface area contributed by atoms with E-state index in [4.69, 9.17) is 0 Å². The van der Waals surface area contributed by atoms with E-state index in [2.05, 4.69) is 25.1 Å². The Kier molecular flexibility index (Phi) is 4.78. The van der Waals surface area contributed by atoms with E-state index in [0.717, 1.165) is 35.1 Å². The SMILES string of the molecule is Cc1nnc(SC(C)C(=O)Nc2nc(-c3ccccc3)cs2)n1C1CC1. The predicted octanol–water partition coefficient (Wildman–Crippen LogP) is 4.16. The molecule has 1 atom stereocenters. The van der Waals surface area contributed by atoms with Gasteiger partial charge in [0.05, 0.1) is 10.9 Å². The van der Waals surface area contributed by atoms with Crippen molar-refractivity contribution >= 4 is 34.1 Å². The fourth-order valence-electron chi connectivity index (χ4n) is 2.67. The van der Waals surface area contributed by atoms with Crippen molar-refractivity contribution in [2.24, 2.45) is 0 Å². The monoisotopic (exact) mass is 385 g/mol. The Labute approximate surface area is 160 Å². The number of benzene rings is 1. The van der Waals surface area contributed by atoms with Gasteiger partial charge in [-0.1, -0.05) is 42.1 Å². The number of anilines is 1. The van der Waals surface area contributed by atoms with Crippen LogP contribution in [-0.2, 0) is 4.79 Å². The van der Waals surface area contributed by atoms with E-state index >= 15 is 0 Å². The summed E-state index contributed by atoms with van der Waals surface area (Å²) in [5, 5.41) is 14.4. The van der Waals surface area contributed by atoms with Crippen LogP contribution in [0.15, 0.2) is 40.9 Å². The number of thioether (sulfide) groups is 1. The van der Waals surface area contributed by atoms with Gasteiger partial charge >= 0.3 is 0 Å². The summed E-state index contributed by atoms with van der Waals surface area (Å²) in [5.41, 5.74) is 1.91. The minimum absolute atomic E-state index is 0.0769. The fraction of sp³-hybridized carbons (Fsp3) is 0.333. The molecule has 26 heavy (non-hydrogen) atoms. The number of rotatable bonds is 6. The van der Waals surface area contributed by atoms with Crippen LogP contribution in [0.2, 0.25) is 0 Å². The molecule has 4 rings (SSSR count). The first-order valence-corrected chi connectivity index (χ1v) is 10.3. The summed E-state index contributed by atoms with van der Waals surface area (Å²) in [6, 6.07) is 10.4. The summed E-state index contributed by atoms with van der Waals surface area (Å²) in [5.74, 6) is 0.835. The molecule has 1 aliphatic rings. The average molecular weight is 386 g/mol. The zero-order valence-electron chi connectivity index (χ0n) is 14.5. The van der Waals surface area contributed by atoms with E-state index in [0.29, 0.717) is 11.2 Å². The maximum atomic E-state index is 12.5. The second-order valence-corrected chi connectivity index (χ2v) is 8.45. The summed E-state index contributed by atoms with van der Waals surface area (Å²) in [6.45, 7) is 3.84. The Bertz CT molecular complexity index is 917. The normalized spacial score (nSPS) is 15.0. The number of thiazole rings is 1. The molecule has 8 heteroatoms. The van der Waals surface area contributed by atoms with Crippen LogP contribution in [0.1, 0.15) is 31.6 Å². The first-order valence-electron chi connectivity index (χ1n) is 8.52. The molecular formula is C18H19N5OS2. The lowest BCUT2D eigenvalue weighted by Gasteiger charge is -2.11. The Morgan fingerprint density at radius 3 is 2.81 bits per heavy atom.